The van der Waals surface area contributed by atoms with Crippen LogP contribution < -0.4 is 0 Å². The molecule has 0 aliphatic rings. The van der Waals surface area contributed by atoms with Crippen LogP contribution in [0.3, 0.4) is 0 Å². The summed E-state index contributed by atoms with van der Waals surface area (Å²) in [5.74, 6) is -0.359. The van der Waals surface area contributed by atoms with Crippen LogP contribution in [0.25, 0.3) is 0 Å². The van der Waals surface area contributed by atoms with Crippen molar-refractivity contribution in [2.45, 2.75) is 40.2 Å². The SMILES string of the molecule is C=C(C[C@@H](OCOC)C(C)(C)C)C(=O)OCC. The molecule has 100 valence electrons. The molecule has 0 spiro atoms. The third-order valence-corrected chi connectivity index (χ3v) is 2.35. The standard InChI is InChI=1S/C13H24O4/c1-7-16-12(14)10(2)8-11(13(3,4)5)17-9-15-6/h11H,2,7-9H2,1,3-6H3/t11-/m1/s1. The van der Waals surface area contributed by atoms with Gasteiger partial charge in [0.05, 0.1) is 12.7 Å². The van der Waals surface area contributed by atoms with Gasteiger partial charge < -0.3 is 14.2 Å². The fourth-order valence-corrected chi connectivity index (χ4v) is 1.31. The van der Waals surface area contributed by atoms with Crippen LogP contribution in [0.2, 0.25) is 0 Å². The molecule has 0 heterocycles. The molecule has 4 nitrogen and oxygen atoms in total. The van der Waals surface area contributed by atoms with Crippen LogP contribution in [-0.4, -0.2) is 32.6 Å². The highest BCUT2D eigenvalue weighted by Crippen LogP contribution is 2.27. The molecular formula is C13H24O4. The smallest absolute Gasteiger partial charge is 0.333 e. The molecule has 0 N–H and O–H groups in total. The third kappa shape index (κ3) is 6.44. The lowest BCUT2D eigenvalue weighted by molar-refractivity contribution is -0.140. The van der Waals surface area contributed by atoms with E-state index in [2.05, 4.69) is 6.58 Å². The average molecular weight is 244 g/mol. The normalized spacial score (nSPS) is 13.2. The Hall–Kier alpha value is -0.870. The second kappa shape index (κ2) is 7.45. The fourth-order valence-electron chi connectivity index (χ4n) is 1.31. The lowest BCUT2D eigenvalue weighted by Gasteiger charge is -2.30. The molecule has 0 aromatic carbocycles. The van der Waals surface area contributed by atoms with Gasteiger partial charge in [-0.05, 0) is 12.3 Å². The molecule has 0 rings (SSSR count). The van der Waals surface area contributed by atoms with Crippen LogP contribution in [0.1, 0.15) is 34.1 Å². The first-order valence-electron chi connectivity index (χ1n) is 5.78. The topological polar surface area (TPSA) is 44.8 Å². The Balaban J connectivity index is 4.43. The summed E-state index contributed by atoms with van der Waals surface area (Å²) in [5.41, 5.74) is 0.344. The van der Waals surface area contributed by atoms with E-state index in [0.29, 0.717) is 18.6 Å². The first kappa shape index (κ1) is 16.1. The first-order valence-corrected chi connectivity index (χ1v) is 5.78. The highest BCUT2D eigenvalue weighted by molar-refractivity contribution is 5.87. The van der Waals surface area contributed by atoms with Crippen molar-refractivity contribution in [2.75, 3.05) is 20.5 Å². The second-order valence-corrected chi connectivity index (χ2v) is 4.96. The van der Waals surface area contributed by atoms with E-state index in [0.717, 1.165) is 0 Å². The van der Waals surface area contributed by atoms with Gasteiger partial charge in [0.1, 0.15) is 6.79 Å². The average Bonchev–Trinajstić information content (AvgIpc) is 2.22. The van der Waals surface area contributed by atoms with Gasteiger partial charge in [-0.15, -0.1) is 0 Å². The van der Waals surface area contributed by atoms with E-state index in [1.54, 1.807) is 14.0 Å². The number of carbonyl (C=O) groups is 1. The monoisotopic (exact) mass is 244 g/mol. The number of carbonyl (C=O) groups excluding carboxylic acids is 1. The number of rotatable bonds is 7. The van der Waals surface area contributed by atoms with Crippen LogP contribution in [0, 0.1) is 5.41 Å². The van der Waals surface area contributed by atoms with E-state index in [4.69, 9.17) is 14.2 Å². The van der Waals surface area contributed by atoms with E-state index in [1.807, 2.05) is 20.8 Å². The summed E-state index contributed by atoms with van der Waals surface area (Å²) in [6, 6.07) is 0. The number of esters is 1. The zero-order chi connectivity index (χ0) is 13.5. The van der Waals surface area contributed by atoms with Crippen molar-refractivity contribution in [3.05, 3.63) is 12.2 Å². The van der Waals surface area contributed by atoms with Crippen LogP contribution in [0.15, 0.2) is 12.2 Å². The largest absolute Gasteiger partial charge is 0.463 e. The lowest BCUT2D eigenvalue weighted by atomic mass is 9.85. The van der Waals surface area contributed by atoms with Gasteiger partial charge in [0, 0.05) is 19.1 Å². The van der Waals surface area contributed by atoms with Crippen molar-refractivity contribution < 1.29 is 19.0 Å². The van der Waals surface area contributed by atoms with Crippen molar-refractivity contribution >= 4 is 5.97 Å². The van der Waals surface area contributed by atoms with Crippen molar-refractivity contribution in [1.82, 2.24) is 0 Å². The maximum absolute atomic E-state index is 11.5. The Labute approximate surface area is 104 Å². The van der Waals surface area contributed by atoms with E-state index < -0.39 is 0 Å². The van der Waals surface area contributed by atoms with Gasteiger partial charge in [-0.2, -0.15) is 0 Å². The minimum Gasteiger partial charge on any atom is -0.463 e. The van der Waals surface area contributed by atoms with Crippen molar-refractivity contribution in [2.24, 2.45) is 5.41 Å². The summed E-state index contributed by atoms with van der Waals surface area (Å²) >= 11 is 0. The Morgan fingerprint density at radius 3 is 2.35 bits per heavy atom. The summed E-state index contributed by atoms with van der Waals surface area (Å²) in [4.78, 5) is 11.5. The number of hydrogen-bond acceptors (Lipinski definition) is 4. The Morgan fingerprint density at radius 1 is 1.35 bits per heavy atom. The predicted octanol–water partition coefficient (Wildman–Crippen LogP) is 2.53. The summed E-state index contributed by atoms with van der Waals surface area (Å²) in [6.07, 6.45) is 0.324. The molecule has 0 saturated carbocycles. The molecule has 17 heavy (non-hydrogen) atoms. The van der Waals surface area contributed by atoms with E-state index in [-0.39, 0.29) is 24.3 Å². The highest BCUT2D eigenvalue weighted by atomic mass is 16.7. The quantitative estimate of drug-likeness (QED) is 0.392. The third-order valence-electron chi connectivity index (χ3n) is 2.35. The molecule has 0 aliphatic carbocycles. The summed E-state index contributed by atoms with van der Waals surface area (Å²) in [6.45, 7) is 12.2. The van der Waals surface area contributed by atoms with Gasteiger partial charge in [-0.3, -0.25) is 0 Å². The van der Waals surface area contributed by atoms with Gasteiger partial charge >= 0.3 is 5.97 Å². The van der Waals surface area contributed by atoms with E-state index >= 15 is 0 Å². The van der Waals surface area contributed by atoms with Crippen LogP contribution in [0.5, 0.6) is 0 Å². The van der Waals surface area contributed by atoms with E-state index in [9.17, 15) is 4.79 Å². The summed E-state index contributed by atoms with van der Waals surface area (Å²) in [7, 11) is 1.57. The van der Waals surface area contributed by atoms with Gasteiger partial charge in [-0.1, -0.05) is 27.4 Å². The molecule has 0 unspecified atom stereocenters. The lowest BCUT2D eigenvalue weighted by Crippen LogP contribution is -2.31. The molecule has 0 bridgehead atoms. The maximum Gasteiger partial charge on any atom is 0.333 e. The first-order chi connectivity index (χ1) is 7.82. The fraction of sp³-hybridized carbons (Fsp3) is 0.769. The Kier molecular flexibility index (Phi) is 7.07. The zero-order valence-electron chi connectivity index (χ0n) is 11.5. The predicted molar refractivity (Wildman–Crippen MR) is 66.6 cm³/mol. The molecule has 0 saturated heterocycles. The zero-order valence-corrected chi connectivity index (χ0v) is 11.5. The number of ether oxygens (including phenoxy) is 3. The molecule has 4 heteroatoms. The molecule has 0 aromatic heterocycles. The van der Waals surface area contributed by atoms with Gasteiger partial charge in [0.25, 0.3) is 0 Å². The van der Waals surface area contributed by atoms with E-state index in [1.165, 1.54) is 0 Å². The molecule has 0 fully saturated rings. The maximum atomic E-state index is 11.5. The minimum absolute atomic E-state index is 0.0893. The van der Waals surface area contributed by atoms with Crippen LogP contribution in [-0.2, 0) is 19.0 Å². The Morgan fingerprint density at radius 2 is 1.94 bits per heavy atom. The summed E-state index contributed by atoms with van der Waals surface area (Å²) in [5, 5.41) is 0. The van der Waals surface area contributed by atoms with Gasteiger partial charge in [0.2, 0.25) is 0 Å². The van der Waals surface area contributed by atoms with Crippen molar-refractivity contribution in [1.29, 1.82) is 0 Å². The van der Waals surface area contributed by atoms with Gasteiger partial charge in [-0.25, -0.2) is 4.79 Å². The van der Waals surface area contributed by atoms with Crippen LogP contribution >= 0.6 is 0 Å². The van der Waals surface area contributed by atoms with Crippen molar-refractivity contribution in [3.8, 4) is 0 Å². The van der Waals surface area contributed by atoms with Gasteiger partial charge in [0.15, 0.2) is 0 Å². The Bertz CT molecular complexity index is 253. The second-order valence-electron chi connectivity index (χ2n) is 4.96. The molecule has 1 atom stereocenters. The summed E-state index contributed by atoms with van der Waals surface area (Å²) < 4.78 is 15.3. The minimum atomic E-state index is -0.359. The molecule has 0 radical (unpaired) electrons. The molecule has 0 aromatic rings. The van der Waals surface area contributed by atoms with Crippen molar-refractivity contribution in [3.63, 3.8) is 0 Å². The highest BCUT2D eigenvalue weighted by Gasteiger charge is 2.27. The number of methoxy groups -OCH3 is 1. The van der Waals surface area contributed by atoms with Crippen LogP contribution in [0.4, 0.5) is 0 Å². The molecule has 0 amide bonds. The molecular weight excluding hydrogens is 220 g/mol. The molecule has 0 aliphatic heterocycles. The number of hydrogen-bond donors (Lipinski definition) is 0.